The molecule has 0 spiro atoms. The summed E-state index contributed by atoms with van der Waals surface area (Å²) in [5.74, 6) is -0.559. The fourth-order valence-corrected chi connectivity index (χ4v) is 1.78. The second-order valence-electron chi connectivity index (χ2n) is 5.02. The minimum atomic E-state index is -0.423. The van der Waals surface area contributed by atoms with E-state index in [4.69, 9.17) is 0 Å². The Balaban J connectivity index is 1.85. The molecule has 1 amide bonds. The van der Waals surface area contributed by atoms with Crippen LogP contribution >= 0.6 is 0 Å². The third kappa shape index (κ3) is 4.70. The summed E-state index contributed by atoms with van der Waals surface area (Å²) in [5, 5.41) is 6.95. The molecule has 0 saturated carbocycles. The van der Waals surface area contributed by atoms with E-state index in [-0.39, 0.29) is 11.7 Å². The number of hydrazone groups is 1. The van der Waals surface area contributed by atoms with Gasteiger partial charge in [0.1, 0.15) is 11.9 Å². The fourth-order valence-electron chi connectivity index (χ4n) is 1.78. The molecule has 1 atom stereocenters. The van der Waals surface area contributed by atoms with Crippen LogP contribution in [-0.4, -0.2) is 18.2 Å². The first-order chi connectivity index (χ1) is 10.5. The lowest BCUT2D eigenvalue weighted by Crippen LogP contribution is -2.34. The molecule has 2 rings (SSSR count). The normalized spacial score (nSPS) is 12.1. The van der Waals surface area contributed by atoms with Crippen LogP contribution in [0.1, 0.15) is 18.1 Å². The van der Waals surface area contributed by atoms with Crippen LogP contribution in [0.5, 0.6) is 0 Å². The fraction of sp³-hybridized carbons (Fsp3) is 0.176. The molecule has 0 saturated heterocycles. The zero-order chi connectivity index (χ0) is 15.9. The highest BCUT2D eigenvalue weighted by Crippen LogP contribution is 2.09. The van der Waals surface area contributed by atoms with Crippen LogP contribution in [0.15, 0.2) is 53.6 Å². The maximum atomic E-state index is 12.8. The summed E-state index contributed by atoms with van der Waals surface area (Å²) in [6, 6.07) is 13.2. The molecule has 0 unspecified atom stereocenters. The summed E-state index contributed by atoms with van der Waals surface area (Å²) in [6.45, 7) is 3.76. The van der Waals surface area contributed by atoms with Crippen LogP contribution in [0.3, 0.4) is 0 Å². The Labute approximate surface area is 129 Å². The monoisotopic (exact) mass is 299 g/mol. The van der Waals surface area contributed by atoms with Crippen LogP contribution in [0.2, 0.25) is 0 Å². The number of hydrogen-bond donors (Lipinski definition) is 2. The smallest absolute Gasteiger partial charge is 0.262 e. The lowest BCUT2D eigenvalue weighted by molar-refractivity contribution is -0.121. The number of aryl methyl sites for hydroxylation is 1. The van der Waals surface area contributed by atoms with Crippen LogP contribution in [-0.2, 0) is 4.79 Å². The van der Waals surface area contributed by atoms with Gasteiger partial charge in [0.2, 0.25) is 0 Å². The summed E-state index contributed by atoms with van der Waals surface area (Å²) >= 11 is 0. The van der Waals surface area contributed by atoms with E-state index in [1.165, 1.54) is 18.3 Å². The molecule has 2 aromatic rings. The van der Waals surface area contributed by atoms with E-state index in [1.807, 2.05) is 31.2 Å². The van der Waals surface area contributed by atoms with Gasteiger partial charge in [-0.2, -0.15) is 5.10 Å². The quantitative estimate of drug-likeness (QED) is 0.658. The topological polar surface area (TPSA) is 53.5 Å². The lowest BCUT2D eigenvalue weighted by Gasteiger charge is -2.13. The summed E-state index contributed by atoms with van der Waals surface area (Å²) in [4.78, 5) is 11.9. The largest absolute Gasteiger partial charge is 0.374 e. The van der Waals surface area contributed by atoms with Crippen molar-refractivity contribution in [2.45, 2.75) is 19.9 Å². The van der Waals surface area contributed by atoms with E-state index in [9.17, 15) is 9.18 Å². The number of hydrogen-bond acceptors (Lipinski definition) is 3. The van der Waals surface area contributed by atoms with Crippen molar-refractivity contribution in [1.29, 1.82) is 0 Å². The molecule has 0 aliphatic rings. The molecule has 0 bridgehead atoms. The standard InChI is InChI=1S/C17H18FN3O/c1-12-3-9-16(10-4-12)20-13(2)17(22)21-19-11-14-5-7-15(18)8-6-14/h3-11,13,20H,1-2H3,(H,21,22)/b19-11-/t13-/m0/s1. The van der Waals surface area contributed by atoms with Crippen molar-refractivity contribution >= 4 is 17.8 Å². The molecule has 0 aliphatic carbocycles. The summed E-state index contributed by atoms with van der Waals surface area (Å²) in [6.07, 6.45) is 1.47. The van der Waals surface area contributed by atoms with Gasteiger partial charge in [-0.05, 0) is 43.7 Å². The molecular weight excluding hydrogens is 281 g/mol. The van der Waals surface area contributed by atoms with Gasteiger partial charge in [-0.3, -0.25) is 4.79 Å². The number of halogens is 1. The van der Waals surface area contributed by atoms with Crippen molar-refractivity contribution in [3.63, 3.8) is 0 Å². The maximum absolute atomic E-state index is 12.8. The van der Waals surface area contributed by atoms with Gasteiger partial charge in [-0.25, -0.2) is 9.82 Å². The zero-order valence-corrected chi connectivity index (χ0v) is 12.5. The minimum absolute atomic E-state index is 0.251. The molecule has 0 aromatic heterocycles. The van der Waals surface area contributed by atoms with E-state index in [0.29, 0.717) is 5.56 Å². The van der Waals surface area contributed by atoms with Crippen molar-refractivity contribution in [3.8, 4) is 0 Å². The number of amides is 1. The molecule has 0 radical (unpaired) electrons. The number of carbonyl (C=O) groups excluding carboxylic acids is 1. The van der Waals surface area contributed by atoms with Crippen molar-refractivity contribution in [2.24, 2.45) is 5.10 Å². The number of anilines is 1. The number of rotatable bonds is 5. The number of benzene rings is 2. The van der Waals surface area contributed by atoms with Crippen LogP contribution in [0.4, 0.5) is 10.1 Å². The summed E-state index contributed by atoms with van der Waals surface area (Å²) in [5.41, 5.74) is 5.19. The summed E-state index contributed by atoms with van der Waals surface area (Å²) in [7, 11) is 0. The second kappa shape index (κ2) is 7.36. The minimum Gasteiger partial charge on any atom is -0.374 e. The van der Waals surface area contributed by atoms with E-state index in [2.05, 4.69) is 15.8 Å². The Kier molecular flexibility index (Phi) is 5.25. The van der Waals surface area contributed by atoms with Crippen molar-refractivity contribution in [2.75, 3.05) is 5.32 Å². The van der Waals surface area contributed by atoms with Crippen LogP contribution < -0.4 is 10.7 Å². The Bertz CT molecular complexity index is 651. The number of nitrogens with one attached hydrogen (secondary N) is 2. The van der Waals surface area contributed by atoms with Crippen molar-refractivity contribution < 1.29 is 9.18 Å². The predicted octanol–water partition coefficient (Wildman–Crippen LogP) is 3.08. The first kappa shape index (κ1) is 15.7. The van der Waals surface area contributed by atoms with E-state index >= 15 is 0 Å². The van der Waals surface area contributed by atoms with Gasteiger partial charge in [-0.1, -0.05) is 29.8 Å². The van der Waals surface area contributed by atoms with Gasteiger partial charge in [0.15, 0.2) is 0 Å². The number of carbonyl (C=O) groups is 1. The molecule has 0 fully saturated rings. The summed E-state index contributed by atoms with van der Waals surface area (Å²) < 4.78 is 12.8. The molecule has 0 aliphatic heterocycles. The van der Waals surface area contributed by atoms with Crippen LogP contribution in [0, 0.1) is 12.7 Å². The molecule has 2 aromatic carbocycles. The Morgan fingerprint density at radius 2 is 1.77 bits per heavy atom. The predicted molar refractivity (Wildman–Crippen MR) is 86.4 cm³/mol. The highest BCUT2D eigenvalue weighted by Gasteiger charge is 2.11. The van der Waals surface area contributed by atoms with Gasteiger partial charge < -0.3 is 5.32 Å². The Morgan fingerprint density at radius 3 is 2.41 bits per heavy atom. The number of nitrogens with zero attached hydrogens (tertiary/aromatic N) is 1. The molecule has 5 heteroatoms. The molecule has 22 heavy (non-hydrogen) atoms. The molecular formula is C17H18FN3O. The Morgan fingerprint density at radius 1 is 1.14 bits per heavy atom. The van der Waals surface area contributed by atoms with E-state index in [1.54, 1.807) is 19.1 Å². The zero-order valence-electron chi connectivity index (χ0n) is 12.5. The third-order valence-electron chi connectivity index (χ3n) is 3.09. The molecule has 0 heterocycles. The van der Waals surface area contributed by atoms with Gasteiger partial charge in [0, 0.05) is 5.69 Å². The SMILES string of the molecule is Cc1ccc(N[C@@H](C)C(=O)N/N=C\c2ccc(F)cc2)cc1. The average Bonchev–Trinajstić information content (AvgIpc) is 2.51. The molecule has 2 N–H and O–H groups in total. The van der Waals surface area contributed by atoms with Gasteiger partial charge in [-0.15, -0.1) is 0 Å². The second-order valence-corrected chi connectivity index (χ2v) is 5.02. The first-order valence-corrected chi connectivity index (χ1v) is 6.96. The van der Waals surface area contributed by atoms with E-state index in [0.717, 1.165) is 11.3 Å². The van der Waals surface area contributed by atoms with Crippen molar-refractivity contribution in [3.05, 3.63) is 65.5 Å². The Hall–Kier alpha value is -2.69. The highest BCUT2D eigenvalue weighted by atomic mass is 19.1. The maximum Gasteiger partial charge on any atom is 0.262 e. The van der Waals surface area contributed by atoms with Gasteiger partial charge >= 0.3 is 0 Å². The first-order valence-electron chi connectivity index (χ1n) is 6.96. The van der Waals surface area contributed by atoms with Crippen molar-refractivity contribution in [1.82, 2.24) is 5.43 Å². The highest BCUT2D eigenvalue weighted by molar-refractivity contribution is 5.86. The lowest BCUT2D eigenvalue weighted by atomic mass is 10.2. The molecule has 4 nitrogen and oxygen atoms in total. The van der Waals surface area contributed by atoms with Gasteiger partial charge in [0.25, 0.3) is 5.91 Å². The van der Waals surface area contributed by atoms with E-state index < -0.39 is 6.04 Å². The molecule has 114 valence electrons. The van der Waals surface area contributed by atoms with Crippen LogP contribution in [0.25, 0.3) is 0 Å². The average molecular weight is 299 g/mol. The third-order valence-corrected chi connectivity index (χ3v) is 3.09. The van der Waals surface area contributed by atoms with Gasteiger partial charge in [0.05, 0.1) is 6.21 Å².